The van der Waals surface area contributed by atoms with E-state index in [0.717, 1.165) is 0 Å². The molecule has 0 spiro atoms. The average Bonchev–Trinajstić information content (AvgIpc) is 2.37. The lowest BCUT2D eigenvalue weighted by atomic mass is 10.1. The maximum absolute atomic E-state index is 13.7. The van der Waals surface area contributed by atoms with Gasteiger partial charge in [-0.1, -0.05) is 0 Å². The lowest BCUT2D eigenvalue weighted by Gasteiger charge is -2.35. The molecule has 1 aliphatic heterocycles. The number of hydrogen-bond acceptors (Lipinski definition) is 4. The molecule has 1 aliphatic rings. The molecule has 102 valence electrons. The molecular formula is C14H17FN2O2. The van der Waals surface area contributed by atoms with Crippen molar-refractivity contribution in [2.24, 2.45) is 0 Å². The summed E-state index contributed by atoms with van der Waals surface area (Å²) in [6.45, 7) is 6.33. The Morgan fingerprint density at radius 3 is 2.58 bits per heavy atom. The van der Waals surface area contributed by atoms with Crippen molar-refractivity contribution in [3.63, 3.8) is 0 Å². The number of nitrogens with one attached hydrogen (secondary N) is 1. The third-order valence-electron chi connectivity index (χ3n) is 3.10. The zero-order chi connectivity index (χ0) is 14.0. The van der Waals surface area contributed by atoms with Crippen LogP contribution in [-0.4, -0.2) is 25.0 Å². The fraction of sp³-hybridized carbons (Fsp3) is 0.500. The molecule has 19 heavy (non-hydrogen) atoms. The number of ether oxygens (including phenoxy) is 2. The highest BCUT2D eigenvalue weighted by molar-refractivity contribution is 5.56. The van der Waals surface area contributed by atoms with Gasteiger partial charge in [-0.05, 0) is 32.9 Å². The second-order valence-electron chi connectivity index (χ2n) is 5.11. The van der Waals surface area contributed by atoms with Crippen molar-refractivity contribution in [3.05, 3.63) is 29.1 Å². The van der Waals surface area contributed by atoms with Crippen molar-refractivity contribution in [2.75, 3.05) is 18.5 Å². The standard InChI is InChI=1S/C14H17FN2O2/c1-9-12(15)4-10(6-16)5-13(9)17-11-7-18-14(2,3)19-8-11/h4-5,11,17H,7-8H2,1-3H3. The van der Waals surface area contributed by atoms with Crippen LogP contribution in [0.4, 0.5) is 10.1 Å². The third kappa shape index (κ3) is 3.22. The minimum absolute atomic E-state index is 0.0555. The average molecular weight is 264 g/mol. The van der Waals surface area contributed by atoms with Crippen LogP contribution in [0.5, 0.6) is 0 Å². The van der Waals surface area contributed by atoms with Gasteiger partial charge in [-0.2, -0.15) is 5.26 Å². The van der Waals surface area contributed by atoms with Crippen molar-refractivity contribution in [3.8, 4) is 6.07 Å². The highest BCUT2D eigenvalue weighted by atomic mass is 19.1. The Bertz CT molecular complexity index is 513. The number of hydrogen-bond donors (Lipinski definition) is 1. The number of rotatable bonds is 2. The van der Waals surface area contributed by atoms with Crippen LogP contribution in [0.25, 0.3) is 0 Å². The van der Waals surface area contributed by atoms with Gasteiger partial charge in [0.25, 0.3) is 0 Å². The minimum atomic E-state index is -0.576. The Hall–Kier alpha value is -1.64. The minimum Gasteiger partial charge on any atom is -0.377 e. The van der Waals surface area contributed by atoms with Crippen LogP contribution in [0, 0.1) is 24.1 Å². The van der Waals surface area contributed by atoms with E-state index in [-0.39, 0.29) is 11.9 Å². The van der Waals surface area contributed by atoms with Gasteiger partial charge >= 0.3 is 0 Å². The molecule has 1 N–H and O–H groups in total. The van der Waals surface area contributed by atoms with E-state index in [0.29, 0.717) is 30.0 Å². The van der Waals surface area contributed by atoms with Crippen LogP contribution in [0.2, 0.25) is 0 Å². The Morgan fingerprint density at radius 2 is 2.00 bits per heavy atom. The van der Waals surface area contributed by atoms with Crippen molar-refractivity contribution < 1.29 is 13.9 Å². The van der Waals surface area contributed by atoms with Gasteiger partial charge in [0.15, 0.2) is 5.79 Å². The molecule has 4 nitrogen and oxygen atoms in total. The monoisotopic (exact) mass is 264 g/mol. The molecule has 1 heterocycles. The second kappa shape index (κ2) is 5.16. The zero-order valence-electron chi connectivity index (χ0n) is 11.3. The smallest absolute Gasteiger partial charge is 0.162 e. The van der Waals surface area contributed by atoms with Crippen LogP contribution in [0.1, 0.15) is 25.0 Å². The number of anilines is 1. The van der Waals surface area contributed by atoms with Crippen molar-refractivity contribution in [1.82, 2.24) is 0 Å². The first-order chi connectivity index (χ1) is 8.91. The molecule has 0 aliphatic carbocycles. The van der Waals surface area contributed by atoms with E-state index in [1.807, 2.05) is 19.9 Å². The summed E-state index contributed by atoms with van der Waals surface area (Å²) in [5.74, 6) is -0.966. The number of halogens is 1. The molecule has 0 radical (unpaired) electrons. The maximum Gasteiger partial charge on any atom is 0.162 e. The van der Waals surface area contributed by atoms with E-state index in [4.69, 9.17) is 14.7 Å². The third-order valence-corrected chi connectivity index (χ3v) is 3.10. The fourth-order valence-electron chi connectivity index (χ4n) is 1.89. The Labute approximate surface area is 112 Å². The molecule has 1 aromatic carbocycles. The summed E-state index contributed by atoms with van der Waals surface area (Å²) in [6, 6.07) is 4.76. The molecule has 0 unspecified atom stereocenters. The first-order valence-electron chi connectivity index (χ1n) is 6.16. The topological polar surface area (TPSA) is 54.3 Å². The quantitative estimate of drug-likeness (QED) is 0.892. The van der Waals surface area contributed by atoms with Gasteiger partial charge in [0.2, 0.25) is 0 Å². The van der Waals surface area contributed by atoms with Crippen LogP contribution >= 0.6 is 0 Å². The molecule has 0 saturated carbocycles. The predicted octanol–water partition coefficient (Wildman–Crippen LogP) is 2.57. The normalized spacial score (nSPS) is 18.9. The number of nitriles is 1. The van der Waals surface area contributed by atoms with Gasteiger partial charge in [0.1, 0.15) is 5.82 Å². The number of benzene rings is 1. The molecule has 1 fully saturated rings. The molecule has 0 amide bonds. The number of nitrogens with zero attached hydrogens (tertiary/aromatic N) is 1. The largest absolute Gasteiger partial charge is 0.377 e. The molecule has 2 rings (SSSR count). The van der Waals surface area contributed by atoms with Crippen LogP contribution in [0.15, 0.2) is 12.1 Å². The molecule has 1 aromatic rings. The molecule has 1 saturated heterocycles. The second-order valence-corrected chi connectivity index (χ2v) is 5.11. The lowest BCUT2D eigenvalue weighted by molar-refractivity contribution is -0.247. The highest BCUT2D eigenvalue weighted by Gasteiger charge is 2.28. The summed E-state index contributed by atoms with van der Waals surface area (Å²) in [7, 11) is 0. The summed E-state index contributed by atoms with van der Waals surface area (Å²) in [5, 5.41) is 12.0. The lowest BCUT2D eigenvalue weighted by Crippen LogP contribution is -2.45. The zero-order valence-corrected chi connectivity index (χ0v) is 11.3. The molecule has 0 aromatic heterocycles. The summed E-state index contributed by atoms with van der Waals surface area (Å²) in [6.07, 6.45) is 0. The van der Waals surface area contributed by atoms with Crippen molar-refractivity contribution >= 4 is 5.69 Å². The van der Waals surface area contributed by atoms with Gasteiger partial charge in [-0.15, -0.1) is 0 Å². The molecule has 0 bridgehead atoms. The van der Waals surface area contributed by atoms with Crippen LogP contribution in [0.3, 0.4) is 0 Å². The van der Waals surface area contributed by atoms with E-state index in [9.17, 15) is 4.39 Å². The first kappa shape index (κ1) is 13.8. The van der Waals surface area contributed by atoms with E-state index in [2.05, 4.69) is 5.32 Å². The Morgan fingerprint density at radius 1 is 1.37 bits per heavy atom. The SMILES string of the molecule is Cc1c(F)cc(C#N)cc1NC1COC(C)(C)OC1. The van der Waals surface area contributed by atoms with Crippen molar-refractivity contribution in [1.29, 1.82) is 5.26 Å². The summed E-state index contributed by atoms with van der Waals surface area (Å²) < 4.78 is 24.7. The summed E-state index contributed by atoms with van der Waals surface area (Å²) in [4.78, 5) is 0. The first-order valence-corrected chi connectivity index (χ1v) is 6.16. The molecular weight excluding hydrogens is 247 g/mol. The van der Waals surface area contributed by atoms with E-state index < -0.39 is 5.79 Å². The van der Waals surface area contributed by atoms with Crippen molar-refractivity contribution in [2.45, 2.75) is 32.6 Å². The molecule has 5 heteroatoms. The highest BCUT2D eigenvalue weighted by Crippen LogP contribution is 2.24. The molecule has 0 atom stereocenters. The summed E-state index contributed by atoms with van der Waals surface area (Å²) >= 11 is 0. The Kier molecular flexibility index (Phi) is 3.74. The van der Waals surface area contributed by atoms with Gasteiger partial charge in [0.05, 0.1) is 30.9 Å². The van der Waals surface area contributed by atoms with E-state index >= 15 is 0 Å². The van der Waals surface area contributed by atoms with Crippen LogP contribution in [-0.2, 0) is 9.47 Å². The maximum atomic E-state index is 13.7. The van der Waals surface area contributed by atoms with Gasteiger partial charge in [-0.3, -0.25) is 0 Å². The predicted molar refractivity (Wildman–Crippen MR) is 69.2 cm³/mol. The van der Waals surface area contributed by atoms with Gasteiger partial charge < -0.3 is 14.8 Å². The van der Waals surface area contributed by atoms with Crippen LogP contribution < -0.4 is 5.32 Å². The Balaban J connectivity index is 2.12. The summed E-state index contributed by atoms with van der Waals surface area (Å²) in [5.41, 5.74) is 1.39. The van der Waals surface area contributed by atoms with Gasteiger partial charge in [0, 0.05) is 11.3 Å². The van der Waals surface area contributed by atoms with E-state index in [1.54, 1.807) is 13.0 Å². The fourth-order valence-corrected chi connectivity index (χ4v) is 1.89. The van der Waals surface area contributed by atoms with Gasteiger partial charge in [-0.25, -0.2) is 4.39 Å². The van der Waals surface area contributed by atoms with E-state index in [1.165, 1.54) is 6.07 Å².